The molecule has 1 aliphatic heterocycles. The smallest absolute Gasteiger partial charge is 0.173 e. The van der Waals surface area contributed by atoms with Gasteiger partial charge in [-0.2, -0.15) is 0 Å². The molecule has 0 spiro atoms. The van der Waals surface area contributed by atoms with E-state index in [1.54, 1.807) is 0 Å². The van der Waals surface area contributed by atoms with Gasteiger partial charge in [0.2, 0.25) is 0 Å². The van der Waals surface area contributed by atoms with Gasteiger partial charge >= 0.3 is 0 Å². The Morgan fingerprint density at radius 1 is 1.24 bits per heavy atom. The van der Waals surface area contributed by atoms with E-state index >= 15 is 0 Å². The van der Waals surface area contributed by atoms with Crippen molar-refractivity contribution in [3.8, 4) is 0 Å². The number of thiocarbonyl (C=S) groups is 1. The molecule has 1 aromatic carbocycles. The van der Waals surface area contributed by atoms with Crippen LogP contribution >= 0.6 is 12.2 Å². The number of hydrogen-bond donors (Lipinski definition) is 3. The molecule has 2 rings (SSSR count). The molecular weight excluding hydrogens is 286 g/mol. The Labute approximate surface area is 131 Å². The number of quaternary nitrogens is 1. The van der Waals surface area contributed by atoms with Gasteiger partial charge in [-0.1, -0.05) is 18.2 Å². The summed E-state index contributed by atoms with van der Waals surface area (Å²) in [6, 6.07) is 10.0. The average molecular weight is 310 g/mol. The topological polar surface area (TPSA) is 49.2 Å². The number of benzene rings is 1. The zero-order chi connectivity index (χ0) is 14.9. The predicted molar refractivity (Wildman–Crippen MR) is 87.7 cm³/mol. The van der Waals surface area contributed by atoms with Crippen molar-refractivity contribution in [2.24, 2.45) is 0 Å². The van der Waals surface area contributed by atoms with Crippen LogP contribution in [0.3, 0.4) is 0 Å². The summed E-state index contributed by atoms with van der Waals surface area (Å²) in [6.07, 6.45) is 0. The van der Waals surface area contributed by atoms with E-state index in [1.807, 2.05) is 30.3 Å². The van der Waals surface area contributed by atoms with Crippen molar-refractivity contribution >= 4 is 23.0 Å². The van der Waals surface area contributed by atoms with Crippen LogP contribution in [0.5, 0.6) is 0 Å². The number of piperazine rings is 1. The number of nitrogens with zero attached hydrogens (tertiary/aromatic N) is 1. The summed E-state index contributed by atoms with van der Waals surface area (Å²) in [7, 11) is 0. The monoisotopic (exact) mass is 310 g/mol. The number of para-hydroxylation sites is 1. The summed E-state index contributed by atoms with van der Waals surface area (Å²) in [4.78, 5) is 3.76. The van der Waals surface area contributed by atoms with E-state index in [0.717, 1.165) is 43.5 Å². The third kappa shape index (κ3) is 5.59. The fraction of sp³-hybridized carbons (Fsp3) is 0.533. The number of anilines is 1. The van der Waals surface area contributed by atoms with Gasteiger partial charge in [0.1, 0.15) is 6.54 Å². The second-order valence-corrected chi connectivity index (χ2v) is 5.51. The minimum absolute atomic E-state index is 0.0997. The molecule has 0 aliphatic carbocycles. The highest BCUT2D eigenvalue weighted by Crippen LogP contribution is 2.06. The summed E-state index contributed by atoms with van der Waals surface area (Å²) in [5.41, 5.74) is 1.04. The molecule has 21 heavy (non-hydrogen) atoms. The molecule has 0 unspecified atom stereocenters. The molecule has 1 fully saturated rings. The number of aliphatic hydroxyl groups excluding tert-OH is 1. The first-order valence-corrected chi connectivity index (χ1v) is 7.83. The van der Waals surface area contributed by atoms with Crippen molar-refractivity contribution in [2.45, 2.75) is 0 Å². The average Bonchev–Trinajstić information content (AvgIpc) is 2.53. The third-order valence-corrected chi connectivity index (χ3v) is 3.98. The number of ether oxygens (including phenoxy) is 1. The van der Waals surface area contributed by atoms with Crippen molar-refractivity contribution in [3.05, 3.63) is 30.3 Å². The van der Waals surface area contributed by atoms with E-state index in [9.17, 15) is 0 Å². The number of rotatable bonds is 6. The second-order valence-electron chi connectivity index (χ2n) is 5.12. The van der Waals surface area contributed by atoms with Gasteiger partial charge in [0.25, 0.3) is 0 Å². The van der Waals surface area contributed by atoms with Crippen LogP contribution in [0.15, 0.2) is 30.3 Å². The molecule has 0 radical (unpaired) electrons. The zero-order valence-corrected chi connectivity index (χ0v) is 13.1. The highest BCUT2D eigenvalue weighted by molar-refractivity contribution is 7.80. The Hall–Kier alpha value is -1.21. The lowest BCUT2D eigenvalue weighted by atomic mass is 10.3. The summed E-state index contributed by atoms with van der Waals surface area (Å²) >= 11 is 5.47. The molecule has 1 heterocycles. The van der Waals surface area contributed by atoms with Crippen LogP contribution in [-0.4, -0.2) is 67.7 Å². The normalized spacial score (nSPS) is 16.0. The van der Waals surface area contributed by atoms with Gasteiger partial charge in [-0.05, 0) is 24.4 Å². The van der Waals surface area contributed by atoms with Crippen LogP contribution in [0.4, 0.5) is 5.69 Å². The molecule has 5 nitrogen and oxygen atoms in total. The van der Waals surface area contributed by atoms with Crippen LogP contribution in [0.25, 0.3) is 0 Å². The minimum Gasteiger partial charge on any atom is -0.394 e. The maximum Gasteiger partial charge on any atom is 0.173 e. The van der Waals surface area contributed by atoms with Gasteiger partial charge in [-0.15, -0.1) is 0 Å². The number of aliphatic hydroxyl groups is 1. The molecule has 3 N–H and O–H groups in total. The fourth-order valence-corrected chi connectivity index (χ4v) is 2.68. The molecule has 1 saturated heterocycles. The van der Waals surface area contributed by atoms with E-state index in [1.165, 1.54) is 4.90 Å². The van der Waals surface area contributed by atoms with Crippen LogP contribution in [0, 0.1) is 0 Å². The van der Waals surface area contributed by atoms with Crippen molar-refractivity contribution in [3.63, 3.8) is 0 Å². The van der Waals surface area contributed by atoms with Crippen LogP contribution in [0.1, 0.15) is 0 Å². The van der Waals surface area contributed by atoms with Gasteiger partial charge in [-0.25, -0.2) is 0 Å². The predicted octanol–water partition coefficient (Wildman–Crippen LogP) is -0.407. The number of nitrogens with one attached hydrogen (secondary N) is 2. The van der Waals surface area contributed by atoms with Crippen molar-refractivity contribution in [2.75, 3.05) is 57.9 Å². The van der Waals surface area contributed by atoms with E-state index < -0.39 is 0 Å². The van der Waals surface area contributed by atoms with Crippen molar-refractivity contribution < 1.29 is 14.7 Å². The maximum atomic E-state index is 8.66. The molecule has 1 aliphatic rings. The molecule has 6 heteroatoms. The Morgan fingerprint density at radius 2 is 1.95 bits per heavy atom. The van der Waals surface area contributed by atoms with Crippen LogP contribution < -0.4 is 10.2 Å². The van der Waals surface area contributed by atoms with E-state index in [-0.39, 0.29) is 6.61 Å². The Balaban J connectivity index is 1.67. The molecule has 0 atom stereocenters. The highest BCUT2D eigenvalue weighted by atomic mass is 32.1. The largest absolute Gasteiger partial charge is 0.394 e. The molecule has 0 bridgehead atoms. The first-order valence-electron chi connectivity index (χ1n) is 7.43. The lowest BCUT2D eigenvalue weighted by Crippen LogP contribution is -3.15. The molecule has 116 valence electrons. The first-order chi connectivity index (χ1) is 10.3. The molecular formula is C15H24N3O2S+. The van der Waals surface area contributed by atoms with Crippen LogP contribution in [0.2, 0.25) is 0 Å². The maximum absolute atomic E-state index is 8.66. The standard InChI is InChI=1S/C15H23N3O2S/c19-11-13-20-12-10-17-6-8-18(9-7-17)15(21)16-14-4-2-1-3-5-14/h1-5,19H,6-13H2,(H,16,21)/p+1. The van der Waals surface area contributed by atoms with Crippen molar-refractivity contribution in [1.82, 2.24) is 4.90 Å². The SMILES string of the molecule is OCCOCC[NH+]1CCN(C(=S)Nc2ccccc2)CC1. The number of hydrogen-bond acceptors (Lipinski definition) is 3. The van der Waals surface area contributed by atoms with E-state index in [0.29, 0.717) is 13.2 Å². The summed E-state index contributed by atoms with van der Waals surface area (Å²) in [6.45, 7) is 6.31. The Kier molecular flexibility index (Phi) is 6.88. The lowest BCUT2D eigenvalue weighted by Gasteiger charge is -2.33. The van der Waals surface area contributed by atoms with E-state index in [4.69, 9.17) is 22.1 Å². The van der Waals surface area contributed by atoms with Gasteiger partial charge in [-0.3, -0.25) is 0 Å². The zero-order valence-electron chi connectivity index (χ0n) is 12.3. The molecule has 0 aromatic heterocycles. The Bertz CT molecular complexity index is 422. The molecule has 1 aromatic rings. The fourth-order valence-electron chi connectivity index (χ4n) is 2.38. The van der Waals surface area contributed by atoms with Gasteiger partial charge in [0.05, 0.1) is 46.0 Å². The lowest BCUT2D eigenvalue weighted by molar-refractivity contribution is -0.904. The van der Waals surface area contributed by atoms with E-state index in [2.05, 4.69) is 10.2 Å². The first kappa shape index (κ1) is 16.2. The van der Waals surface area contributed by atoms with Crippen molar-refractivity contribution in [1.29, 1.82) is 0 Å². The van der Waals surface area contributed by atoms with Gasteiger partial charge in [0.15, 0.2) is 5.11 Å². The van der Waals surface area contributed by atoms with Gasteiger partial charge < -0.3 is 25.0 Å². The van der Waals surface area contributed by atoms with Crippen LogP contribution in [-0.2, 0) is 4.74 Å². The third-order valence-electron chi connectivity index (χ3n) is 3.62. The molecule has 0 saturated carbocycles. The molecule has 0 amide bonds. The Morgan fingerprint density at radius 3 is 2.62 bits per heavy atom. The minimum atomic E-state index is 0.0997. The summed E-state index contributed by atoms with van der Waals surface area (Å²) in [5.74, 6) is 0. The van der Waals surface area contributed by atoms with Gasteiger partial charge in [0, 0.05) is 5.69 Å². The second kappa shape index (κ2) is 8.94. The quantitative estimate of drug-likeness (QED) is 0.493. The summed E-state index contributed by atoms with van der Waals surface area (Å²) < 4.78 is 5.32. The summed E-state index contributed by atoms with van der Waals surface area (Å²) in [5, 5.41) is 12.7. The highest BCUT2D eigenvalue weighted by Gasteiger charge is 2.21.